The maximum absolute atomic E-state index is 11.8. The Labute approximate surface area is 121 Å². The second-order valence-corrected chi connectivity index (χ2v) is 5.98. The van der Waals surface area contributed by atoms with E-state index in [-0.39, 0.29) is 12.0 Å². The van der Waals surface area contributed by atoms with Gasteiger partial charge in [-0.2, -0.15) is 0 Å². The number of aliphatic hydroxyl groups excluding tert-OH is 1. The van der Waals surface area contributed by atoms with E-state index in [1.165, 1.54) is 26.2 Å². The number of ether oxygens (including phenoxy) is 1. The van der Waals surface area contributed by atoms with Crippen LogP contribution in [0.1, 0.15) is 59.3 Å². The number of amides is 1. The van der Waals surface area contributed by atoms with E-state index in [0.29, 0.717) is 12.3 Å². The van der Waals surface area contributed by atoms with Crippen LogP contribution in [0.4, 0.5) is 0 Å². The topological polar surface area (TPSA) is 75.6 Å². The van der Waals surface area contributed by atoms with Crippen LogP contribution in [0, 0.1) is 5.92 Å². The smallest absolute Gasteiger partial charge is 0.337 e. The summed E-state index contributed by atoms with van der Waals surface area (Å²) in [5.41, 5.74) is 0. The monoisotopic (exact) mass is 285 g/mol. The van der Waals surface area contributed by atoms with E-state index in [2.05, 4.69) is 5.32 Å². The lowest BCUT2D eigenvalue weighted by molar-refractivity contribution is -0.159. The second-order valence-electron chi connectivity index (χ2n) is 5.98. The minimum atomic E-state index is -1.29. The molecule has 0 aromatic rings. The van der Waals surface area contributed by atoms with E-state index in [4.69, 9.17) is 4.74 Å². The van der Waals surface area contributed by atoms with Crippen molar-refractivity contribution in [1.82, 2.24) is 5.32 Å². The molecule has 1 aliphatic rings. The lowest BCUT2D eigenvalue weighted by Gasteiger charge is -2.29. The Balaban J connectivity index is 2.61. The van der Waals surface area contributed by atoms with Crippen molar-refractivity contribution in [2.75, 3.05) is 0 Å². The van der Waals surface area contributed by atoms with Gasteiger partial charge in [0, 0.05) is 6.92 Å². The molecular weight excluding hydrogens is 258 g/mol. The van der Waals surface area contributed by atoms with Gasteiger partial charge in [-0.3, -0.25) is 4.79 Å². The van der Waals surface area contributed by atoms with Gasteiger partial charge >= 0.3 is 5.97 Å². The Morgan fingerprint density at radius 2 is 1.85 bits per heavy atom. The predicted molar refractivity (Wildman–Crippen MR) is 76.0 cm³/mol. The van der Waals surface area contributed by atoms with Crippen LogP contribution in [-0.4, -0.2) is 35.2 Å². The van der Waals surface area contributed by atoms with Crippen molar-refractivity contribution in [2.24, 2.45) is 5.92 Å². The third kappa shape index (κ3) is 5.90. The summed E-state index contributed by atoms with van der Waals surface area (Å²) >= 11 is 0. The summed E-state index contributed by atoms with van der Waals surface area (Å²) in [5, 5.41) is 12.8. The van der Waals surface area contributed by atoms with E-state index < -0.39 is 18.1 Å². The molecule has 1 rings (SSSR count). The zero-order valence-corrected chi connectivity index (χ0v) is 12.7. The third-order valence-corrected chi connectivity index (χ3v) is 3.68. The summed E-state index contributed by atoms with van der Waals surface area (Å²) < 4.78 is 5.02. The molecule has 0 unspecified atom stereocenters. The van der Waals surface area contributed by atoms with Gasteiger partial charge < -0.3 is 15.2 Å². The highest BCUT2D eigenvalue weighted by atomic mass is 16.6. The first-order valence-corrected chi connectivity index (χ1v) is 7.55. The second kappa shape index (κ2) is 8.25. The first-order valence-electron chi connectivity index (χ1n) is 7.55. The highest BCUT2D eigenvalue weighted by Crippen LogP contribution is 2.28. The van der Waals surface area contributed by atoms with Crippen molar-refractivity contribution >= 4 is 11.9 Å². The van der Waals surface area contributed by atoms with Gasteiger partial charge in [-0.25, -0.2) is 4.79 Å². The van der Waals surface area contributed by atoms with Crippen molar-refractivity contribution in [3.63, 3.8) is 0 Å². The minimum Gasteiger partial charge on any atom is -0.461 e. The van der Waals surface area contributed by atoms with E-state index in [1.54, 1.807) is 13.8 Å². The zero-order chi connectivity index (χ0) is 15.1. The van der Waals surface area contributed by atoms with Gasteiger partial charge in [0.15, 0.2) is 6.10 Å². The van der Waals surface area contributed by atoms with Crippen LogP contribution in [0.25, 0.3) is 0 Å². The predicted octanol–water partition coefficient (Wildman–Crippen LogP) is 1.77. The fraction of sp³-hybridized carbons (Fsp3) is 0.867. The van der Waals surface area contributed by atoms with Gasteiger partial charge in [0.25, 0.3) is 0 Å². The Bertz CT molecular complexity index is 324. The Morgan fingerprint density at radius 1 is 1.25 bits per heavy atom. The van der Waals surface area contributed by atoms with Crippen molar-refractivity contribution < 1.29 is 19.4 Å². The van der Waals surface area contributed by atoms with Crippen LogP contribution in [0.5, 0.6) is 0 Å². The average Bonchev–Trinajstić information content (AvgIpc) is 2.37. The molecule has 1 aliphatic carbocycles. The minimum absolute atomic E-state index is 0.234. The molecule has 1 fully saturated rings. The van der Waals surface area contributed by atoms with Crippen molar-refractivity contribution in [2.45, 2.75) is 77.5 Å². The molecule has 0 radical (unpaired) electrons. The van der Waals surface area contributed by atoms with Crippen molar-refractivity contribution in [3.05, 3.63) is 0 Å². The molecule has 2 N–H and O–H groups in total. The molecule has 5 heteroatoms. The Morgan fingerprint density at radius 3 is 2.35 bits per heavy atom. The molecule has 0 saturated heterocycles. The number of aliphatic hydroxyl groups is 1. The largest absolute Gasteiger partial charge is 0.461 e. The number of hydrogen-bond acceptors (Lipinski definition) is 4. The molecule has 0 aromatic carbocycles. The van der Waals surface area contributed by atoms with Crippen molar-refractivity contribution in [3.8, 4) is 0 Å². The normalized spacial score (nSPS) is 19.4. The summed E-state index contributed by atoms with van der Waals surface area (Å²) in [6, 6.07) is -0.554. The summed E-state index contributed by atoms with van der Waals surface area (Å²) in [7, 11) is 0. The van der Waals surface area contributed by atoms with Gasteiger partial charge in [0.05, 0.1) is 12.1 Å². The third-order valence-electron chi connectivity index (χ3n) is 3.68. The summed E-state index contributed by atoms with van der Waals surface area (Å²) in [6.45, 7) is 4.87. The van der Waals surface area contributed by atoms with Crippen molar-refractivity contribution in [1.29, 1.82) is 0 Å². The highest BCUT2D eigenvalue weighted by molar-refractivity contribution is 5.78. The maximum atomic E-state index is 11.8. The Hall–Kier alpha value is -1.10. The number of nitrogens with one attached hydrogen (secondary N) is 1. The summed E-state index contributed by atoms with van der Waals surface area (Å²) in [5.74, 6) is -0.432. The van der Waals surface area contributed by atoms with Crippen LogP contribution in [0.2, 0.25) is 0 Å². The molecule has 1 amide bonds. The highest BCUT2D eigenvalue weighted by Gasteiger charge is 2.31. The molecule has 5 nitrogen and oxygen atoms in total. The van der Waals surface area contributed by atoms with Crippen LogP contribution in [0.3, 0.4) is 0 Å². The van der Waals surface area contributed by atoms with Crippen LogP contribution >= 0.6 is 0 Å². The molecule has 0 bridgehead atoms. The molecule has 116 valence electrons. The van der Waals surface area contributed by atoms with Gasteiger partial charge in [-0.05, 0) is 26.2 Å². The lowest BCUT2D eigenvalue weighted by atomic mass is 9.83. The average molecular weight is 285 g/mol. The van der Waals surface area contributed by atoms with E-state index in [9.17, 15) is 14.7 Å². The lowest BCUT2D eigenvalue weighted by Crippen LogP contribution is -2.48. The fourth-order valence-corrected chi connectivity index (χ4v) is 2.78. The van der Waals surface area contributed by atoms with Gasteiger partial charge in [-0.1, -0.05) is 32.1 Å². The number of carbonyl (C=O) groups excluding carboxylic acids is 2. The number of carbonyl (C=O) groups is 2. The summed E-state index contributed by atoms with van der Waals surface area (Å²) in [6.07, 6.45) is 4.89. The van der Waals surface area contributed by atoms with Gasteiger partial charge in [-0.15, -0.1) is 0 Å². The first kappa shape index (κ1) is 17.0. The molecule has 20 heavy (non-hydrogen) atoms. The number of esters is 1. The Kier molecular flexibility index (Phi) is 6.99. The molecular formula is C15H27NO4. The van der Waals surface area contributed by atoms with Crippen LogP contribution in [-0.2, 0) is 14.3 Å². The van der Waals surface area contributed by atoms with Crippen LogP contribution in [0.15, 0.2) is 0 Å². The van der Waals surface area contributed by atoms with Gasteiger partial charge in [0.1, 0.15) is 0 Å². The van der Waals surface area contributed by atoms with Gasteiger partial charge in [0.2, 0.25) is 5.91 Å². The standard InChI is InChI=1S/C15H27NO4/c1-10(2)20-15(19)14(18)13(16-11(3)17)9-12-7-5-4-6-8-12/h10,12-14,18H,4-9H2,1-3H3,(H,16,17)/t13-,14+/m0/s1. The molecule has 0 aliphatic heterocycles. The van der Waals surface area contributed by atoms with Crippen LogP contribution < -0.4 is 5.32 Å². The number of hydrogen-bond donors (Lipinski definition) is 2. The molecule has 0 aromatic heterocycles. The first-order chi connectivity index (χ1) is 9.40. The fourth-order valence-electron chi connectivity index (χ4n) is 2.78. The molecule has 1 saturated carbocycles. The maximum Gasteiger partial charge on any atom is 0.337 e. The van der Waals surface area contributed by atoms with E-state index in [1.807, 2.05) is 0 Å². The summed E-state index contributed by atoms with van der Waals surface area (Å²) in [4.78, 5) is 23.1. The molecule has 0 heterocycles. The zero-order valence-electron chi connectivity index (χ0n) is 12.7. The van der Waals surface area contributed by atoms with E-state index in [0.717, 1.165) is 12.8 Å². The molecule has 2 atom stereocenters. The molecule has 0 spiro atoms. The number of rotatable bonds is 6. The quantitative estimate of drug-likeness (QED) is 0.729. The SMILES string of the molecule is CC(=O)N[C@@H](CC1CCCCC1)[C@@H](O)C(=O)OC(C)C. The van der Waals surface area contributed by atoms with E-state index >= 15 is 0 Å².